The maximum absolute atomic E-state index is 12.9. The molecule has 0 amide bonds. The second kappa shape index (κ2) is 61.9. The van der Waals surface area contributed by atoms with Gasteiger partial charge in [-0.15, -0.1) is 0 Å². The summed E-state index contributed by atoms with van der Waals surface area (Å²) < 4.78 is 16.9. The lowest BCUT2D eigenvalue weighted by molar-refractivity contribution is -0.167. The summed E-state index contributed by atoms with van der Waals surface area (Å²) in [5.41, 5.74) is 0. The monoisotopic (exact) mass is 1020 g/mol. The lowest BCUT2D eigenvalue weighted by Crippen LogP contribution is -2.30. The van der Waals surface area contributed by atoms with Crippen LogP contribution in [0.2, 0.25) is 0 Å². The molecule has 0 aliphatic rings. The van der Waals surface area contributed by atoms with E-state index in [0.29, 0.717) is 19.3 Å². The van der Waals surface area contributed by atoms with Gasteiger partial charge in [-0.1, -0.05) is 288 Å². The third-order valence-electron chi connectivity index (χ3n) is 14.3. The first-order chi connectivity index (χ1) is 36.0. The average molecular weight is 1020 g/mol. The van der Waals surface area contributed by atoms with Crippen LogP contribution < -0.4 is 0 Å². The Labute approximate surface area is 454 Å². The van der Waals surface area contributed by atoms with Crippen molar-refractivity contribution >= 4 is 17.9 Å². The topological polar surface area (TPSA) is 78.9 Å². The van der Waals surface area contributed by atoms with Gasteiger partial charge < -0.3 is 14.2 Å². The molecule has 426 valence electrons. The Balaban J connectivity index is 4.26. The fraction of sp³-hybridized carbons (Fsp3) is 0.836. The number of rotatable bonds is 59. The minimum Gasteiger partial charge on any atom is -0.462 e. The molecule has 0 rings (SSSR count). The van der Waals surface area contributed by atoms with Crippen molar-refractivity contribution in [3.63, 3.8) is 0 Å². The number of esters is 3. The van der Waals surface area contributed by atoms with Crippen molar-refractivity contribution in [2.45, 2.75) is 348 Å². The summed E-state index contributed by atoms with van der Waals surface area (Å²) in [4.78, 5) is 38.3. The van der Waals surface area contributed by atoms with Crippen molar-refractivity contribution in [1.29, 1.82) is 0 Å². The van der Waals surface area contributed by atoms with Gasteiger partial charge in [-0.25, -0.2) is 0 Å². The van der Waals surface area contributed by atoms with Crippen LogP contribution in [-0.2, 0) is 28.6 Å². The third kappa shape index (κ3) is 60.1. The third-order valence-corrected chi connectivity index (χ3v) is 14.3. The molecule has 0 aliphatic heterocycles. The normalized spacial score (nSPS) is 12.3. The van der Waals surface area contributed by atoms with Crippen LogP contribution >= 0.6 is 0 Å². The first-order valence-corrected chi connectivity index (χ1v) is 32.1. The molecule has 1 unspecified atom stereocenters. The summed E-state index contributed by atoms with van der Waals surface area (Å²) in [5, 5.41) is 0. The Morgan fingerprint density at radius 3 is 0.781 bits per heavy atom. The van der Waals surface area contributed by atoms with Crippen molar-refractivity contribution < 1.29 is 28.6 Å². The molecule has 0 aliphatic carbocycles. The van der Waals surface area contributed by atoms with Gasteiger partial charge in [0.15, 0.2) is 6.10 Å². The molecule has 0 heterocycles. The van der Waals surface area contributed by atoms with E-state index in [-0.39, 0.29) is 31.1 Å². The standard InChI is InChI=1S/C67H122O6/c1-4-7-10-13-16-19-22-25-27-29-30-31-32-33-34-35-36-38-39-42-45-48-51-54-57-60-66(69)72-63-64(62-71-65(68)59-56-53-50-47-44-41-24-21-18-15-12-9-6-3)73-67(70)61-58-55-52-49-46-43-40-37-28-26-23-20-17-14-11-8-5-2/h17,20,22,25-26,28-30,64H,4-16,18-19,21,23-24,27,31-63H2,1-3H3/b20-17-,25-22-,28-26-,30-29-. The molecular weight excluding hydrogens is 901 g/mol. The number of allylic oxidation sites excluding steroid dienone is 8. The number of hydrogen-bond acceptors (Lipinski definition) is 6. The van der Waals surface area contributed by atoms with Crippen LogP contribution in [0.15, 0.2) is 48.6 Å². The summed E-state index contributed by atoms with van der Waals surface area (Å²) in [5.74, 6) is -0.861. The zero-order valence-electron chi connectivity index (χ0n) is 48.9. The van der Waals surface area contributed by atoms with Gasteiger partial charge in [0.25, 0.3) is 0 Å². The Morgan fingerprint density at radius 2 is 0.493 bits per heavy atom. The predicted molar refractivity (Wildman–Crippen MR) is 316 cm³/mol. The highest BCUT2D eigenvalue weighted by atomic mass is 16.6. The van der Waals surface area contributed by atoms with Gasteiger partial charge in [-0.3, -0.25) is 14.4 Å². The molecule has 0 spiro atoms. The van der Waals surface area contributed by atoms with Crippen molar-refractivity contribution in [2.75, 3.05) is 13.2 Å². The van der Waals surface area contributed by atoms with Gasteiger partial charge in [-0.2, -0.15) is 0 Å². The maximum Gasteiger partial charge on any atom is 0.306 e. The zero-order valence-corrected chi connectivity index (χ0v) is 48.9. The molecule has 6 heteroatoms. The van der Waals surface area contributed by atoms with Crippen LogP contribution in [0.25, 0.3) is 0 Å². The Hall–Kier alpha value is -2.63. The first kappa shape index (κ1) is 70.4. The summed E-state index contributed by atoms with van der Waals surface area (Å²) in [6, 6.07) is 0. The molecule has 1 atom stereocenters. The summed E-state index contributed by atoms with van der Waals surface area (Å²) in [6.45, 7) is 6.64. The van der Waals surface area contributed by atoms with Gasteiger partial charge >= 0.3 is 17.9 Å². The van der Waals surface area contributed by atoms with E-state index in [2.05, 4.69) is 69.4 Å². The summed E-state index contributed by atoms with van der Waals surface area (Å²) in [6.07, 6.45) is 76.8. The minimum absolute atomic E-state index is 0.0725. The highest BCUT2D eigenvalue weighted by molar-refractivity contribution is 5.71. The molecule has 0 saturated heterocycles. The lowest BCUT2D eigenvalue weighted by Gasteiger charge is -2.18. The summed E-state index contributed by atoms with van der Waals surface area (Å²) in [7, 11) is 0. The van der Waals surface area contributed by atoms with Crippen LogP contribution in [0.5, 0.6) is 0 Å². The van der Waals surface area contributed by atoms with Gasteiger partial charge in [-0.05, 0) is 83.5 Å². The Morgan fingerprint density at radius 1 is 0.274 bits per heavy atom. The predicted octanol–water partition coefficient (Wildman–Crippen LogP) is 21.8. The highest BCUT2D eigenvalue weighted by Gasteiger charge is 2.19. The number of hydrogen-bond donors (Lipinski definition) is 0. The van der Waals surface area contributed by atoms with Crippen molar-refractivity contribution in [3.05, 3.63) is 48.6 Å². The number of ether oxygens (including phenoxy) is 3. The van der Waals surface area contributed by atoms with Gasteiger partial charge in [0.2, 0.25) is 0 Å². The smallest absolute Gasteiger partial charge is 0.306 e. The van der Waals surface area contributed by atoms with Crippen LogP contribution in [0.1, 0.15) is 342 Å². The molecule has 0 fully saturated rings. The fourth-order valence-corrected chi connectivity index (χ4v) is 9.45. The van der Waals surface area contributed by atoms with Crippen LogP contribution in [0.3, 0.4) is 0 Å². The van der Waals surface area contributed by atoms with E-state index >= 15 is 0 Å². The molecule has 6 nitrogen and oxygen atoms in total. The molecule has 0 aromatic heterocycles. The first-order valence-electron chi connectivity index (χ1n) is 32.1. The Kier molecular flexibility index (Phi) is 59.7. The second-order valence-electron chi connectivity index (χ2n) is 21.7. The van der Waals surface area contributed by atoms with E-state index in [4.69, 9.17) is 14.2 Å². The van der Waals surface area contributed by atoms with E-state index in [0.717, 1.165) is 77.0 Å². The molecule has 0 saturated carbocycles. The van der Waals surface area contributed by atoms with Crippen molar-refractivity contribution in [3.8, 4) is 0 Å². The number of carbonyl (C=O) groups excluding carboxylic acids is 3. The van der Waals surface area contributed by atoms with E-state index in [9.17, 15) is 14.4 Å². The zero-order chi connectivity index (χ0) is 52.9. The van der Waals surface area contributed by atoms with Gasteiger partial charge in [0.05, 0.1) is 0 Å². The fourth-order valence-electron chi connectivity index (χ4n) is 9.45. The van der Waals surface area contributed by atoms with E-state index in [1.54, 1.807) is 0 Å². The van der Waals surface area contributed by atoms with Gasteiger partial charge in [0.1, 0.15) is 13.2 Å². The SMILES string of the molecule is CCCCC/C=C\C/C=C\CCCCCCCCCC(=O)OC(COC(=O)CCCCCCCCCCCCCCC)COC(=O)CCCCCCCCCCCCCCC/C=C\C/C=C\CCCCCCC. The summed E-state index contributed by atoms with van der Waals surface area (Å²) >= 11 is 0. The maximum atomic E-state index is 12.9. The molecular formula is C67H122O6. The van der Waals surface area contributed by atoms with E-state index in [1.165, 1.54) is 225 Å². The van der Waals surface area contributed by atoms with Crippen molar-refractivity contribution in [2.24, 2.45) is 0 Å². The van der Waals surface area contributed by atoms with Crippen LogP contribution in [0, 0.1) is 0 Å². The number of unbranched alkanes of at least 4 members (excludes halogenated alkanes) is 40. The Bertz CT molecular complexity index is 1270. The molecule has 0 N–H and O–H groups in total. The van der Waals surface area contributed by atoms with Gasteiger partial charge in [0, 0.05) is 19.3 Å². The number of carbonyl (C=O) groups is 3. The molecule has 0 aromatic rings. The lowest BCUT2D eigenvalue weighted by atomic mass is 10.0. The van der Waals surface area contributed by atoms with Crippen LogP contribution in [-0.4, -0.2) is 37.2 Å². The largest absolute Gasteiger partial charge is 0.462 e. The quantitative estimate of drug-likeness (QED) is 0.0261. The second-order valence-corrected chi connectivity index (χ2v) is 21.7. The van der Waals surface area contributed by atoms with Crippen molar-refractivity contribution in [1.82, 2.24) is 0 Å². The van der Waals surface area contributed by atoms with E-state index in [1.807, 2.05) is 0 Å². The highest BCUT2D eigenvalue weighted by Crippen LogP contribution is 2.17. The van der Waals surface area contributed by atoms with Crippen LogP contribution in [0.4, 0.5) is 0 Å². The van der Waals surface area contributed by atoms with E-state index < -0.39 is 6.10 Å². The molecule has 0 radical (unpaired) electrons. The minimum atomic E-state index is -0.776. The molecule has 0 bridgehead atoms. The molecule has 0 aromatic carbocycles. The molecule has 73 heavy (non-hydrogen) atoms. The average Bonchev–Trinajstić information content (AvgIpc) is 3.39.